The Hall–Kier alpha value is -2.43. The highest BCUT2D eigenvalue weighted by molar-refractivity contribution is 5.78. The number of nitrogens with one attached hydrogen (secondary N) is 1. The molecule has 0 saturated heterocycles. The lowest BCUT2D eigenvalue weighted by molar-refractivity contribution is 0.612. The van der Waals surface area contributed by atoms with Crippen molar-refractivity contribution in [2.24, 2.45) is 0 Å². The molecule has 4 rings (SSSR count). The zero-order valence-corrected chi connectivity index (χ0v) is 13.5. The summed E-state index contributed by atoms with van der Waals surface area (Å²) in [5.41, 5.74) is 5.20. The van der Waals surface area contributed by atoms with Crippen LogP contribution >= 0.6 is 0 Å². The van der Waals surface area contributed by atoms with E-state index in [0.717, 1.165) is 41.0 Å². The largest absolute Gasteiger partial charge is 0.423 e. The Labute approximate surface area is 135 Å². The normalized spacial score (nSPS) is 14.3. The van der Waals surface area contributed by atoms with Crippen LogP contribution in [0.25, 0.3) is 11.1 Å². The molecule has 1 aliphatic rings. The van der Waals surface area contributed by atoms with Gasteiger partial charge in [-0.05, 0) is 55.9 Å². The summed E-state index contributed by atoms with van der Waals surface area (Å²) in [5.74, 6) is 1.60. The summed E-state index contributed by atoms with van der Waals surface area (Å²) >= 11 is 0. The first-order chi connectivity index (χ1) is 11.2. The highest BCUT2D eigenvalue weighted by Gasteiger charge is 2.25. The molecule has 2 aromatic heterocycles. The molecule has 0 spiro atoms. The topological polar surface area (TPSA) is 63.8 Å². The number of anilines is 1. The maximum Gasteiger partial charge on any atom is 0.295 e. The third-order valence-corrected chi connectivity index (χ3v) is 4.18. The molecule has 5 nitrogen and oxygen atoms in total. The maximum atomic E-state index is 5.80. The van der Waals surface area contributed by atoms with E-state index in [9.17, 15) is 0 Å². The summed E-state index contributed by atoms with van der Waals surface area (Å²) in [6, 6.07) is 4.72. The van der Waals surface area contributed by atoms with Crippen molar-refractivity contribution in [1.82, 2.24) is 15.0 Å². The van der Waals surface area contributed by atoms with Gasteiger partial charge < -0.3 is 9.73 Å². The lowest BCUT2D eigenvalue weighted by atomic mass is 10.1. The molecule has 0 bridgehead atoms. The maximum absolute atomic E-state index is 5.80. The van der Waals surface area contributed by atoms with Crippen LogP contribution in [0.5, 0.6) is 0 Å². The number of aromatic nitrogens is 3. The fraction of sp³-hybridized carbons (Fsp3) is 0.389. The average molecular weight is 308 g/mol. The molecule has 5 heteroatoms. The van der Waals surface area contributed by atoms with Crippen LogP contribution in [0.15, 0.2) is 28.9 Å². The Bertz CT molecular complexity index is 834. The molecule has 1 aromatic carbocycles. The molecule has 0 amide bonds. The van der Waals surface area contributed by atoms with Crippen LogP contribution in [-0.2, 0) is 6.42 Å². The van der Waals surface area contributed by atoms with Crippen LogP contribution in [0.3, 0.4) is 0 Å². The van der Waals surface area contributed by atoms with Crippen molar-refractivity contribution in [3.8, 4) is 0 Å². The van der Waals surface area contributed by atoms with Gasteiger partial charge in [0.1, 0.15) is 11.3 Å². The summed E-state index contributed by atoms with van der Waals surface area (Å²) in [7, 11) is 0. The van der Waals surface area contributed by atoms with Crippen LogP contribution in [0.4, 0.5) is 6.01 Å². The van der Waals surface area contributed by atoms with Gasteiger partial charge in [0.25, 0.3) is 6.01 Å². The number of aryl methyl sites for hydroxylation is 2. The van der Waals surface area contributed by atoms with Crippen molar-refractivity contribution in [3.05, 3.63) is 47.0 Å². The molecule has 0 aliphatic heterocycles. The second-order valence-corrected chi connectivity index (χ2v) is 6.35. The van der Waals surface area contributed by atoms with Crippen molar-refractivity contribution < 1.29 is 4.42 Å². The Kier molecular flexibility index (Phi) is 3.48. The molecule has 0 atom stereocenters. The molecular formula is C18H20N4O. The lowest BCUT2D eigenvalue weighted by Gasteiger charge is -2.02. The first-order valence-electron chi connectivity index (χ1n) is 8.11. The molecule has 0 radical (unpaired) electrons. The Balaban J connectivity index is 1.39. The number of benzene rings is 1. The zero-order valence-electron chi connectivity index (χ0n) is 13.5. The first kappa shape index (κ1) is 14.2. The Morgan fingerprint density at radius 1 is 1.17 bits per heavy atom. The third kappa shape index (κ3) is 3.04. The van der Waals surface area contributed by atoms with E-state index in [1.165, 1.54) is 18.4 Å². The molecule has 1 N–H and O–H groups in total. The molecule has 1 aliphatic carbocycles. The van der Waals surface area contributed by atoms with E-state index in [-0.39, 0.29) is 0 Å². The fourth-order valence-electron chi connectivity index (χ4n) is 2.81. The van der Waals surface area contributed by atoms with E-state index < -0.39 is 0 Å². The van der Waals surface area contributed by atoms with Gasteiger partial charge in [0.15, 0.2) is 5.58 Å². The van der Waals surface area contributed by atoms with Gasteiger partial charge in [0, 0.05) is 24.9 Å². The molecule has 2 heterocycles. The quantitative estimate of drug-likeness (QED) is 0.777. The second-order valence-electron chi connectivity index (χ2n) is 6.35. The van der Waals surface area contributed by atoms with Crippen molar-refractivity contribution in [2.75, 3.05) is 11.9 Å². The van der Waals surface area contributed by atoms with E-state index in [1.807, 2.05) is 25.4 Å². The number of hydrogen-bond donors (Lipinski definition) is 1. The second kappa shape index (κ2) is 5.65. The van der Waals surface area contributed by atoms with Gasteiger partial charge in [-0.15, -0.1) is 0 Å². The molecule has 23 heavy (non-hydrogen) atoms. The molecule has 3 aromatic rings. The van der Waals surface area contributed by atoms with Gasteiger partial charge in [-0.1, -0.05) is 6.07 Å². The number of nitrogens with zero attached hydrogens (tertiary/aromatic N) is 3. The van der Waals surface area contributed by atoms with Gasteiger partial charge in [-0.25, -0.2) is 9.97 Å². The van der Waals surface area contributed by atoms with E-state index >= 15 is 0 Å². The highest BCUT2D eigenvalue weighted by atomic mass is 16.4. The summed E-state index contributed by atoms with van der Waals surface area (Å²) in [5, 5.41) is 3.25. The SMILES string of the molecule is Cc1cc(C)c2oc(NCCc3cnc(C4CC4)nc3)nc2c1. The van der Waals surface area contributed by atoms with Crippen molar-refractivity contribution >= 4 is 17.1 Å². The summed E-state index contributed by atoms with van der Waals surface area (Å²) in [6.07, 6.45) is 7.18. The molecular weight excluding hydrogens is 288 g/mol. The predicted octanol–water partition coefficient (Wildman–Crippen LogP) is 3.77. The van der Waals surface area contributed by atoms with Crippen molar-refractivity contribution in [1.29, 1.82) is 0 Å². The highest BCUT2D eigenvalue weighted by Crippen LogP contribution is 2.37. The van der Waals surface area contributed by atoms with Crippen LogP contribution in [0.1, 0.15) is 41.3 Å². The van der Waals surface area contributed by atoms with Gasteiger partial charge in [-0.2, -0.15) is 4.98 Å². The van der Waals surface area contributed by atoms with Gasteiger partial charge in [0.2, 0.25) is 0 Å². The summed E-state index contributed by atoms with van der Waals surface area (Å²) in [6.45, 7) is 4.86. The van der Waals surface area contributed by atoms with E-state index in [2.05, 4.69) is 33.3 Å². The van der Waals surface area contributed by atoms with Gasteiger partial charge in [-0.3, -0.25) is 0 Å². The number of rotatable bonds is 5. The standard InChI is InChI=1S/C18H20N4O/c1-11-7-12(2)16-15(8-11)22-18(23-16)19-6-5-13-9-20-17(21-10-13)14-3-4-14/h7-10,14H,3-6H2,1-2H3,(H,19,22). The molecule has 0 unspecified atom stereocenters. The monoisotopic (exact) mass is 308 g/mol. The van der Waals surface area contributed by atoms with E-state index in [0.29, 0.717) is 11.9 Å². The number of fused-ring (bicyclic) bond motifs is 1. The zero-order chi connectivity index (χ0) is 15.8. The van der Waals surface area contributed by atoms with E-state index in [4.69, 9.17) is 4.42 Å². The third-order valence-electron chi connectivity index (χ3n) is 4.18. The first-order valence-corrected chi connectivity index (χ1v) is 8.11. The smallest absolute Gasteiger partial charge is 0.295 e. The molecule has 118 valence electrons. The lowest BCUT2D eigenvalue weighted by Crippen LogP contribution is -2.06. The summed E-state index contributed by atoms with van der Waals surface area (Å²) < 4.78 is 5.80. The average Bonchev–Trinajstić information content (AvgIpc) is 3.29. The van der Waals surface area contributed by atoms with Crippen molar-refractivity contribution in [3.63, 3.8) is 0 Å². The van der Waals surface area contributed by atoms with Crippen LogP contribution in [0, 0.1) is 13.8 Å². The van der Waals surface area contributed by atoms with Crippen LogP contribution in [-0.4, -0.2) is 21.5 Å². The predicted molar refractivity (Wildman–Crippen MR) is 89.7 cm³/mol. The molecule has 1 saturated carbocycles. The minimum atomic E-state index is 0.573. The van der Waals surface area contributed by atoms with E-state index in [1.54, 1.807) is 0 Å². The minimum Gasteiger partial charge on any atom is -0.423 e. The van der Waals surface area contributed by atoms with Crippen LogP contribution < -0.4 is 5.32 Å². The minimum absolute atomic E-state index is 0.573. The number of hydrogen-bond acceptors (Lipinski definition) is 5. The summed E-state index contributed by atoms with van der Waals surface area (Å²) in [4.78, 5) is 13.4. The Morgan fingerprint density at radius 3 is 2.70 bits per heavy atom. The van der Waals surface area contributed by atoms with Gasteiger partial charge in [0.05, 0.1) is 0 Å². The molecule has 1 fully saturated rings. The van der Waals surface area contributed by atoms with Gasteiger partial charge >= 0.3 is 0 Å². The van der Waals surface area contributed by atoms with Crippen LogP contribution in [0.2, 0.25) is 0 Å². The number of oxazole rings is 1. The fourth-order valence-corrected chi connectivity index (χ4v) is 2.81. The Morgan fingerprint density at radius 2 is 1.96 bits per heavy atom. The van der Waals surface area contributed by atoms with Crippen molar-refractivity contribution in [2.45, 2.75) is 39.0 Å².